The van der Waals surface area contributed by atoms with Gasteiger partial charge in [0.1, 0.15) is 0 Å². The van der Waals surface area contributed by atoms with Gasteiger partial charge in [-0.25, -0.2) is 0 Å². The largest absolute Gasteiger partial charge is 0.328 e. The summed E-state index contributed by atoms with van der Waals surface area (Å²) in [6, 6.07) is 16.4. The number of aromatic nitrogens is 1. The van der Waals surface area contributed by atoms with Crippen LogP contribution in [0.25, 0.3) is 10.8 Å². The normalized spacial score (nSPS) is 17.6. The maximum Gasteiger partial charge on any atom is 0.253 e. The van der Waals surface area contributed by atoms with E-state index in [4.69, 9.17) is 0 Å². The van der Waals surface area contributed by atoms with Crippen LogP contribution in [0.2, 0.25) is 0 Å². The summed E-state index contributed by atoms with van der Waals surface area (Å²) >= 11 is 0. The standard InChI is InChI=1S/C18H16N2O/c21-18-16(14-7-3-2-6-13(14)11-20-18)17-15-8-4-1-5-12(15)9-10-19-17/h1-8,11,17,19H,9-10H2,(H,20,21). The fraction of sp³-hybridized carbons (Fsp3) is 0.167. The Morgan fingerprint density at radius 1 is 1.00 bits per heavy atom. The third-order valence-corrected chi connectivity index (χ3v) is 4.25. The molecule has 1 aliphatic rings. The van der Waals surface area contributed by atoms with E-state index >= 15 is 0 Å². The van der Waals surface area contributed by atoms with E-state index in [2.05, 4.69) is 28.5 Å². The van der Waals surface area contributed by atoms with Crippen LogP contribution in [0, 0.1) is 0 Å². The highest BCUT2D eigenvalue weighted by atomic mass is 16.1. The average molecular weight is 276 g/mol. The Labute approximate surface area is 122 Å². The van der Waals surface area contributed by atoms with Crippen LogP contribution in [0.3, 0.4) is 0 Å². The maximum absolute atomic E-state index is 12.4. The van der Waals surface area contributed by atoms with Gasteiger partial charge in [-0.2, -0.15) is 0 Å². The van der Waals surface area contributed by atoms with Crippen LogP contribution in [0.1, 0.15) is 22.7 Å². The lowest BCUT2D eigenvalue weighted by atomic mass is 9.88. The van der Waals surface area contributed by atoms with Crippen molar-refractivity contribution in [2.75, 3.05) is 6.54 Å². The molecule has 1 atom stereocenters. The van der Waals surface area contributed by atoms with Gasteiger partial charge in [-0.1, -0.05) is 48.5 Å². The van der Waals surface area contributed by atoms with Crippen molar-refractivity contribution in [1.29, 1.82) is 0 Å². The molecule has 0 amide bonds. The fourth-order valence-corrected chi connectivity index (χ4v) is 3.26. The average Bonchev–Trinajstić information content (AvgIpc) is 2.54. The molecular weight excluding hydrogens is 260 g/mol. The summed E-state index contributed by atoms with van der Waals surface area (Å²) in [5.74, 6) is 0. The highest BCUT2D eigenvalue weighted by Gasteiger charge is 2.24. The Morgan fingerprint density at radius 3 is 2.76 bits per heavy atom. The van der Waals surface area contributed by atoms with Crippen molar-refractivity contribution < 1.29 is 0 Å². The summed E-state index contributed by atoms with van der Waals surface area (Å²) in [5.41, 5.74) is 3.35. The second-order valence-electron chi connectivity index (χ2n) is 5.45. The lowest BCUT2D eigenvalue weighted by Gasteiger charge is -2.27. The molecule has 3 heteroatoms. The van der Waals surface area contributed by atoms with Crippen molar-refractivity contribution in [3.8, 4) is 0 Å². The van der Waals surface area contributed by atoms with Gasteiger partial charge in [0.25, 0.3) is 5.56 Å². The van der Waals surface area contributed by atoms with Crippen molar-refractivity contribution in [3.05, 3.63) is 81.8 Å². The molecular formula is C18H16N2O. The second-order valence-corrected chi connectivity index (χ2v) is 5.45. The molecule has 3 nitrogen and oxygen atoms in total. The van der Waals surface area contributed by atoms with Gasteiger partial charge >= 0.3 is 0 Å². The number of hydrogen-bond donors (Lipinski definition) is 2. The van der Waals surface area contributed by atoms with Crippen LogP contribution in [-0.4, -0.2) is 11.5 Å². The zero-order chi connectivity index (χ0) is 14.2. The van der Waals surface area contributed by atoms with Crippen LogP contribution in [0.15, 0.2) is 59.5 Å². The van der Waals surface area contributed by atoms with Crippen molar-refractivity contribution in [3.63, 3.8) is 0 Å². The SMILES string of the molecule is O=c1[nH]cc2ccccc2c1C1NCCc2ccccc21. The molecule has 1 aromatic heterocycles. The topological polar surface area (TPSA) is 44.9 Å². The molecule has 2 N–H and O–H groups in total. The molecule has 4 rings (SSSR count). The molecule has 0 fully saturated rings. The number of hydrogen-bond acceptors (Lipinski definition) is 2. The first kappa shape index (κ1) is 12.4. The molecule has 3 aromatic rings. The minimum absolute atomic E-state index is 0.0112. The van der Waals surface area contributed by atoms with Gasteiger partial charge in [-0.05, 0) is 28.3 Å². The molecule has 0 aliphatic carbocycles. The van der Waals surface area contributed by atoms with Gasteiger partial charge in [-0.3, -0.25) is 4.79 Å². The van der Waals surface area contributed by atoms with E-state index in [1.807, 2.05) is 30.3 Å². The van der Waals surface area contributed by atoms with Crippen LogP contribution in [0.4, 0.5) is 0 Å². The number of nitrogens with one attached hydrogen (secondary N) is 2. The molecule has 0 bridgehead atoms. The first-order valence-electron chi connectivity index (χ1n) is 7.26. The Kier molecular flexibility index (Phi) is 2.86. The summed E-state index contributed by atoms with van der Waals surface area (Å²) in [4.78, 5) is 15.3. The number of pyridine rings is 1. The number of aromatic amines is 1. The molecule has 1 unspecified atom stereocenters. The summed E-state index contributed by atoms with van der Waals surface area (Å²) < 4.78 is 0. The summed E-state index contributed by atoms with van der Waals surface area (Å²) in [6.07, 6.45) is 2.80. The minimum Gasteiger partial charge on any atom is -0.328 e. The van der Waals surface area contributed by atoms with Crippen molar-refractivity contribution in [2.24, 2.45) is 0 Å². The van der Waals surface area contributed by atoms with Crippen molar-refractivity contribution >= 4 is 10.8 Å². The number of fused-ring (bicyclic) bond motifs is 2. The third kappa shape index (κ3) is 1.98. The zero-order valence-electron chi connectivity index (χ0n) is 11.6. The quantitative estimate of drug-likeness (QED) is 0.718. The molecule has 2 aromatic carbocycles. The predicted octanol–water partition coefficient (Wildman–Crippen LogP) is 2.76. The Morgan fingerprint density at radius 2 is 1.81 bits per heavy atom. The van der Waals surface area contributed by atoms with E-state index < -0.39 is 0 Å². The lowest BCUT2D eigenvalue weighted by Crippen LogP contribution is -2.34. The van der Waals surface area contributed by atoms with E-state index in [0.29, 0.717) is 0 Å². The second kappa shape index (κ2) is 4.86. The predicted molar refractivity (Wildman–Crippen MR) is 84.6 cm³/mol. The van der Waals surface area contributed by atoms with E-state index in [1.165, 1.54) is 11.1 Å². The van der Waals surface area contributed by atoms with Gasteiger partial charge in [-0.15, -0.1) is 0 Å². The highest BCUT2D eigenvalue weighted by Crippen LogP contribution is 2.30. The van der Waals surface area contributed by atoms with Crippen LogP contribution >= 0.6 is 0 Å². The summed E-state index contributed by atoms with van der Waals surface area (Å²) in [6.45, 7) is 0.893. The third-order valence-electron chi connectivity index (χ3n) is 4.25. The molecule has 21 heavy (non-hydrogen) atoms. The molecule has 2 heterocycles. The monoisotopic (exact) mass is 276 g/mol. The van der Waals surface area contributed by atoms with Gasteiger partial charge in [0.2, 0.25) is 0 Å². The minimum atomic E-state index is -0.0372. The van der Waals surface area contributed by atoms with Crippen LogP contribution in [0.5, 0.6) is 0 Å². The van der Waals surface area contributed by atoms with Crippen molar-refractivity contribution in [1.82, 2.24) is 10.3 Å². The van der Waals surface area contributed by atoms with Crippen LogP contribution < -0.4 is 10.9 Å². The first-order chi connectivity index (χ1) is 10.3. The van der Waals surface area contributed by atoms with E-state index in [0.717, 1.165) is 29.3 Å². The number of benzene rings is 2. The first-order valence-corrected chi connectivity index (χ1v) is 7.26. The summed E-state index contributed by atoms with van der Waals surface area (Å²) in [7, 11) is 0. The van der Waals surface area contributed by atoms with E-state index in [1.54, 1.807) is 6.20 Å². The smallest absolute Gasteiger partial charge is 0.253 e. The van der Waals surface area contributed by atoms with Gasteiger partial charge in [0.15, 0.2) is 0 Å². The fourth-order valence-electron chi connectivity index (χ4n) is 3.26. The van der Waals surface area contributed by atoms with Gasteiger partial charge in [0, 0.05) is 18.3 Å². The zero-order valence-corrected chi connectivity index (χ0v) is 11.6. The molecule has 104 valence electrons. The Bertz CT molecular complexity index is 866. The van der Waals surface area contributed by atoms with Crippen LogP contribution in [-0.2, 0) is 6.42 Å². The van der Waals surface area contributed by atoms with Gasteiger partial charge in [0.05, 0.1) is 6.04 Å². The Balaban J connectivity index is 2.00. The molecule has 0 radical (unpaired) electrons. The maximum atomic E-state index is 12.4. The van der Waals surface area contributed by atoms with Gasteiger partial charge < -0.3 is 10.3 Å². The number of H-pyrrole nitrogens is 1. The molecule has 0 saturated heterocycles. The van der Waals surface area contributed by atoms with E-state index in [9.17, 15) is 4.79 Å². The number of rotatable bonds is 1. The lowest BCUT2D eigenvalue weighted by molar-refractivity contribution is 0.567. The van der Waals surface area contributed by atoms with E-state index in [-0.39, 0.29) is 11.6 Å². The highest BCUT2D eigenvalue weighted by molar-refractivity contribution is 5.85. The molecule has 0 saturated carbocycles. The van der Waals surface area contributed by atoms with Crippen molar-refractivity contribution in [2.45, 2.75) is 12.5 Å². The molecule has 0 spiro atoms. The Hall–Kier alpha value is -2.39. The molecule has 1 aliphatic heterocycles. The summed E-state index contributed by atoms with van der Waals surface area (Å²) in [5, 5.41) is 5.59.